The molecule has 0 radical (unpaired) electrons. The number of anilines is 2. The van der Waals surface area contributed by atoms with Gasteiger partial charge < -0.3 is 20.5 Å². The van der Waals surface area contributed by atoms with Gasteiger partial charge in [-0.2, -0.15) is 5.26 Å². The van der Waals surface area contributed by atoms with Crippen LogP contribution in [0.25, 0.3) is 0 Å². The van der Waals surface area contributed by atoms with Crippen LogP contribution < -0.4 is 15.4 Å². The van der Waals surface area contributed by atoms with Crippen LogP contribution in [-0.4, -0.2) is 17.6 Å². The second-order valence-electron chi connectivity index (χ2n) is 4.77. The lowest BCUT2D eigenvalue weighted by Crippen LogP contribution is -2.14. The first kappa shape index (κ1) is 16.9. The van der Waals surface area contributed by atoms with Gasteiger partial charge in [0.1, 0.15) is 23.1 Å². The highest BCUT2D eigenvalue weighted by molar-refractivity contribution is 6.06. The van der Waals surface area contributed by atoms with Gasteiger partial charge >= 0.3 is 0 Å². The number of ether oxygens (including phenoxy) is 1. The number of nitriles is 1. The molecule has 0 aliphatic heterocycles. The summed E-state index contributed by atoms with van der Waals surface area (Å²) >= 11 is 0. The number of benzene rings is 2. The van der Waals surface area contributed by atoms with E-state index < -0.39 is 5.91 Å². The molecule has 1 amide bonds. The average molecular weight is 323 g/mol. The van der Waals surface area contributed by atoms with E-state index >= 15 is 0 Å². The Balaban J connectivity index is 2.01. The van der Waals surface area contributed by atoms with Crippen LogP contribution in [0.3, 0.4) is 0 Å². The molecule has 3 N–H and O–H groups in total. The fourth-order valence-electron chi connectivity index (χ4n) is 1.86. The van der Waals surface area contributed by atoms with Crippen molar-refractivity contribution < 1.29 is 14.6 Å². The Morgan fingerprint density at radius 1 is 1.17 bits per heavy atom. The molecule has 2 rings (SSSR count). The molecule has 6 heteroatoms. The zero-order chi connectivity index (χ0) is 17.4. The molecule has 0 bridgehead atoms. The number of carbonyl (C=O) groups excluding carboxylic acids is 1. The van der Waals surface area contributed by atoms with Crippen LogP contribution in [-0.2, 0) is 4.79 Å². The van der Waals surface area contributed by atoms with E-state index in [2.05, 4.69) is 10.6 Å². The zero-order valence-corrected chi connectivity index (χ0v) is 13.1. The minimum absolute atomic E-state index is 0.0723. The number of amides is 1. The van der Waals surface area contributed by atoms with Gasteiger partial charge in [-0.3, -0.25) is 4.79 Å². The summed E-state index contributed by atoms with van der Waals surface area (Å²) in [5.41, 5.74) is 1.14. The molecule has 6 nitrogen and oxygen atoms in total. The van der Waals surface area contributed by atoms with Gasteiger partial charge in [0.2, 0.25) is 0 Å². The van der Waals surface area contributed by atoms with Crippen LogP contribution in [0.5, 0.6) is 11.5 Å². The number of aromatic hydroxyl groups is 1. The van der Waals surface area contributed by atoms with E-state index in [0.717, 1.165) is 0 Å². The Kier molecular flexibility index (Phi) is 5.81. The highest BCUT2D eigenvalue weighted by Gasteiger charge is 2.09. The van der Waals surface area contributed by atoms with Crippen LogP contribution in [0, 0.1) is 11.3 Å². The standard InChI is InChI=1S/C18H17N3O3/c1-2-24-17-9-5-15(6-10-17)21-18(23)13(11-19)12-20-14-3-7-16(22)8-4-14/h3-10,12,20,22H,2H2,1H3,(H,21,23)/b13-12-. The number of phenols is 1. The van der Waals surface area contributed by atoms with E-state index in [1.807, 2.05) is 13.0 Å². The van der Waals surface area contributed by atoms with E-state index in [1.165, 1.54) is 18.3 Å². The Bertz CT molecular complexity index is 760. The number of rotatable bonds is 6. The quantitative estimate of drug-likeness (QED) is 0.431. The second-order valence-corrected chi connectivity index (χ2v) is 4.77. The first-order chi connectivity index (χ1) is 11.6. The first-order valence-electron chi connectivity index (χ1n) is 7.32. The molecule has 0 aromatic heterocycles. The van der Waals surface area contributed by atoms with Crippen molar-refractivity contribution in [1.29, 1.82) is 5.26 Å². The van der Waals surface area contributed by atoms with E-state index in [1.54, 1.807) is 36.4 Å². The summed E-state index contributed by atoms with van der Waals surface area (Å²) in [5, 5.41) is 23.8. The van der Waals surface area contributed by atoms with E-state index in [9.17, 15) is 9.90 Å². The van der Waals surface area contributed by atoms with Gasteiger partial charge in [-0.25, -0.2) is 0 Å². The molecule has 2 aromatic carbocycles. The number of carbonyl (C=O) groups is 1. The van der Waals surface area contributed by atoms with Crippen molar-refractivity contribution >= 4 is 17.3 Å². The van der Waals surface area contributed by atoms with Gasteiger partial charge in [-0.1, -0.05) is 0 Å². The van der Waals surface area contributed by atoms with E-state index in [-0.39, 0.29) is 11.3 Å². The molecule has 0 fully saturated rings. The minimum atomic E-state index is -0.520. The van der Waals surface area contributed by atoms with Crippen molar-refractivity contribution in [1.82, 2.24) is 0 Å². The lowest BCUT2D eigenvalue weighted by atomic mass is 10.2. The Hall–Kier alpha value is -3.46. The molecular weight excluding hydrogens is 306 g/mol. The fraction of sp³-hybridized carbons (Fsp3) is 0.111. The van der Waals surface area contributed by atoms with E-state index in [4.69, 9.17) is 10.00 Å². The molecule has 24 heavy (non-hydrogen) atoms. The maximum atomic E-state index is 12.1. The minimum Gasteiger partial charge on any atom is -0.508 e. The predicted octanol–water partition coefficient (Wildman–Crippen LogP) is 3.25. The lowest BCUT2D eigenvalue weighted by molar-refractivity contribution is -0.112. The first-order valence-corrected chi connectivity index (χ1v) is 7.32. The number of phenolic OH excluding ortho intramolecular Hbond substituents is 1. The third kappa shape index (κ3) is 4.78. The molecule has 2 aromatic rings. The molecule has 0 atom stereocenters. The summed E-state index contributed by atoms with van der Waals surface area (Å²) in [6.07, 6.45) is 1.32. The fourth-order valence-corrected chi connectivity index (χ4v) is 1.86. The van der Waals surface area contributed by atoms with Crippen molar-refractivity contribution in [3.05, 3.63) is 60.3 Å². The van der Waals surface area contributed by atoms with Crippen LogP contribution in [0.15, 0.2) is 60.3 Å². The third-order valence-electron chi connectivity index (χ3n) is 3.04. The normalized spacial score (nSPS) is 10.6. The molecule has 0 heterocycles. The molecular formula is C18H17N3O3. The number of hydrogen-bond acceptors (Lipinski definition) is 5. The van der Waals surface area contributed by atoms with Crippen molar-refractivity contribution in [2.75, 3.05) is 17.2 Å². The van der Waals surface area contributed by atoms with Crippen molar-refractivity contribution in [2.45, 2.75) is 6.92 Å². The van der Waals surface area contributed by atoms with E-state index in [0.29, 0.717) is 23.7 Å². The van der Waals surface area contributed by atoms with Gasteiger partial charge in [-0.05, 0) is 55.5 Å². The summed E-state index contributed by atoms with van der Waals surface area (Å²) in [4.78, 5) is 12.1. The van der Waals surface area contributed by atoms with Gasteiger partial charge in [-0.15, -0.1) is 0 Å². The molecule has 0 saturated carbocycles. The van der Waals surface area contributed by atoms with Crippen LogP contribution >= 0.6 is 0 Å². The second kappa shape index (κ2) is 8.25. The number of nitrogens with one attached hydrogen (secondary N) is 2. The summed E-state index contributed by atoms with van der Waals surface area (Å²) < 4.78 is 5.33. The molecule has 122 valence electrons. The van der Waals surface area contributed by atoms with Gasteiger partial charge in [0.25, 0.3) is 5.91 Å². The highest BCUT2D eigenvalue weighted by atomic mass is 16.5. The molecule has 0 saturated heterocycles. The predicted molar refractivity (Wildman–Crippen MR) is 91.7 cm³/mol. The van der Waals surface area contributed by atoms with Crippen molar-refractivity contribution in [3.8, 4) is 17.6 Å². The van der Waals surface area contributed by atoms with Crippen LogP contribution in [0.2, 0.25) is 0 Å². The topological polar surface area (TPSA) is 94.4 Å². The maximum absolute atomic E-state index is 12.1. The largest absolute Gasteiger partial charge is 0.508 e. The monoisotopic (exact) mass is 323 g/mol. The highest BCUT2D eigenvalue weighted by Crippen LogP contribution is 2.17. The van der Waals surface area contributed by atoms with Gasteiger partial charge in [0, 0.05) is 17.6 Å². The van der Waals surface area contributed by atoms with Gasteiger partial charge in [0.05, 0.1) is 6.61 Å². The third-order valence-corrected chi connectivity index (χ3v) is 3.04. The number of hydrogen-bond donors (Lipinski definition) is 3. The zero-order valence-electron chi connectivity index (χ0n) is 13.1. The maximum Gasteiger partial charge on any atom is 0.267 e. The van der Waals surface area contributed by atoms with Crippen LogP contribution in [0.1, 0.15) is 6.92 Å². The Labute approximate surface area is 140 Å². The Morgan fingerprint density at radius 2 is 1.79 bits per heavy atom. The summed E-state index contributed by atoms with van der Waals surface area (Å²) in [5.74, 6) is 0.326. The molecule has 0 spiro atoms. The lowest BCUT2D eigenvalue weighted by Gasteiger charge is -2.07. The summed E-state index contributed by atoms with van der Waals surface area (Å²) in [6, 6.07) is 15.0. The summed E-state index contributed by atoms with van der Waals surface area (Å²) in [6.45, 7) is 2.46. The Morgan fingerprint density at radius 3 is 2.38 bits per heavy atom. The smallest absolute Gasteiger partial charge is 0.267 e. The SMILES string of the molecule is CCOc1ccc(NC(=O)/C(C#N)=C\Nc2ccc(O)cc2)cc1. The van der Waals surface area contributed by atoms with Crippen molar-refractivity contribution in [3.63, 3.8) is 0 Å². The van der Waals surface area contributed by atoms with Gasteiger partial charge in [0.15, 0.2) is 0 Å². The van der Waals surface area contributed by atoms with Crippen LogP contribution in [0.4, 0.5) is 11.4 Å². The molecule has 0 aliphatic carbocycles. The average Bonchev–Trinajstić information content (AvgIpc) is 2.59. The molecule has 0 aliphatic rings. The summed E-state index contributed by atoms with van der Waals surface area (Å²) in [7, 11) is 0. The van der Waals surface area contributed by atoms with Crippen molar-refractivity contribution in [2.24, 2.45) is 0 Å². The number of nitrogens with zero attached hydrogens (tertiary/aromatic N) is 1. The molecule has 0 unspecified atom stereocenters.